The van der Waals surface area contributed by atoms with Gasteiger partial charge >= 0.3 is 5.97 Å². The zero-order valence-corrected chi connectivity index (χ0v) is 14.4. The van der Waals surface area contributed by atoms with E-state index in [-0.39, 0.29) is 24.8 Å². The fraction of sp³-hybridized carbons (Fsp3) is 0.526. The molecule has 0 spiro atoms. The summed E-state index contributed by atoms with van der Waals surface area (Å²) in [6, 6.07) is 8.35. The lowest BCUT2D eigenvalue weighted by Crippen LogP contribution is -2.39. The molecule has 0 aromatic heterocycles. The van der Waals surface area contributed by atoms with Gasteiger partial charge in [0.25, 0.3) is 0 Å². The molecule has 0 heterocycles. The van der Waals surface area contributed by atoms with Gasteiger partial charge in [-0.25, -0.2) is 0 Å². The summed E-state index contributed by atoms with van der Waals surface area (Å²) in [4.78, 5) is 34.9. The SMILES string of the molecule is O=C(O)CC(NC(=O)CNC(=O)CCC1CCCC1)c1ccccc1. The van der Waals surface area contributed by atoms with Gasteiger partial charge in [0.15, 0.2) is 0 Å². The number of carboxylic acid groups (broad SMARTS) is 1. The Morgan fingerprint density at radius 1 is 1.08 bits per heavy atom. The summed E-state index contributed by atoms with van der Waals surface area (Å²) in [5.74, 6) is -0.867. The standard InChI is InChI=1S/C19H26N2O4/c22-17(11-10-14-6-4-5-7-14)20-13-18(23)21-16(12-19(24)25)15-8-2-1-3-9-15/h1-3,8-9,14,16H,4-7,10-13H2,(H,20,22)(H,21,23)(H,24,25). The minimum atomic E-state index is -0.991. The van der Waals surface area contributed by atoms with E-state index in [1.807, 2.05) is 6.07 Å². The van der Waals surface area contributed by atoms with Crippen LogP contribution in [0, 0.1) is 5.92 Å². The highest BCUT2D eigenvalue weighted by molar-refractivity contribution is 5.85. The average Bonchev–Trinajstić information content (AvgIpc) is 3.11. The van der Waals surface area contributed by atoms with Gasteiger partial charge in [0, 0.05) is 6.42 Å². The smallest absolute Gasteiger partial charge is 0.305 e. The molecule has 25 heavy (non-hydrogen) atoms. The zero-order chi connectivity index (χ0) is 18.1. The van der Waals surface area contributed by atoms with E-state index in [0.717, 1.165) is 12.0 Å². The molecule has 2 rings (SSSR count). The van der Waals surface area contributed by atoms with Crippen LogP contribution in [0.5, 0.6) is 0 Å². The van der Waals surface area contributed by atoms with Crippen molar-refractivity contribution in [3.8, 4) is 0 Å². The summed E-state index contributed by atoms with van der Waals surface area (Å²) in [5.41, 5.74) is 0.728. The molecule has 1 saturated carbocycles. The van der Waals surface area contributed by atoms with Crippen LogP contribution in [0.25, 0.3) is 0 Å². The van der Waals surface area contributed by atoms with Crippen LogP contribution in [0.1, 0.15) is 56.6 Å². The third-order valence-electron chi connectivity index (χ3n) is 4.62. The molecule has 0 saturated heterocycles. The molecule has 6 nitrogen and oxygen atoms in total. The number of carboxylic acids is 1. The molecular formula is C19H26N2O4. The number of hydrogen-bond acceptors (Lipinski definition) is 3. The van der Waals surface area contributed by atoms with E-state index in [1.54, 1.807) is 24.3 Å². The van der Waals surface area contributed by atoms with E-state index in [2.05, 4.69) is 10.6 Å². The number of carbonyl (C=O) groups excluding carboxylic acids is 2. The molecule has 0 bridgehead atoms. The zero-order valence-electron chi connectivity index (χ0n) is 14.4. The second-order valence-corrected chi connectivity index (χ2v) is 6.59. The summed E-state index contributed by atoms with van der Waals surface area (Å²) in [6.07, 6.45) is 6.00. The molecule has 1 fully saturated rings. The number of carbonyl (C=O) groups is 3. The number of rotatable bonds is 9. The highest BCUT2D eigenvalue weighted by atomic mass is 16.4. The minimum absolute atomic E-state index is 0.128. The molecular weight excluding hydrogens is 320 g/mol. The monoisotopic (exact) mass is 346 g/mol. The van der Waals surface area contributed by atoms with Gasteiger partial charge in [-0.3, -0.25) is 14.4 Å². The predicted molar refractivity (Wildman–Crippen MR) is 93.8 cm³/mol. The van der Waals surface area contributed by atoms with Gasteiger partial charge in [0.05, 0.1) is 19.0 Å². The first-order valence-corrected chi connectivity index (χ1v) is 8.87. The lowest BCUT2D eigenvalue weighted by Gasteiger charge is -2.17. The molecule has 1 aliphatic carbocycles. The van der Waals surface area contributed by atoms with Gasteiger partial charge in [-0.15, -0.1) is 0 Å². The molecule has 0 radical (unpaired) electrons. The first-order chi connectivity index (χ1) is 12.0. The van der Waals surface area contributed by atoms with Crippen LogP contribution in [-0.2, 0) is 14.4 Å². The normalized spacial score (nSPS) is 15.5. The van der Waals surface area contributed by atoms with Crippen molar-refractivity contribution in [1.29, 1.82) is 0 Å². The Hall–Kier alpha value is -2.37. The fourth-order valence-corrected chi connectivity index (χ4v) is 3.26. The summed E-state index contributed by atoms with van der Waals surface area (Å²) in [6.45, 7) is -0.132. The maximum absolute atomic E-state index is 12.1. The minimum Gasteiger partial charge on any atom is -0.481 e. The highest BCUT2D eigenvalue weighted by Gasteiger charge is 2.19. The van der Waals surface area contributed by atoms with E-state index in [0.29, 0.717) is 12.3 Å². The van der Waals surface area contributed by atoms with Gasteiger partial charge in [-0.2, -0.15) is 0 Å². The maximum Gasteiger partial charge on any atom is 0.305 e. The van der Waals surface area contributed by atoms with Crippen LogP contribution in [0.4, 0.5) is 0 Å². The fourth-order valence-electron chi connectivity index (χ4n) is 3.26. The van der Waals surface area contributed by atoms with Crippen LogP contribution in [0.3, 0.4) is 0 Å². The predicted octanol–water partition coefficient (Wildman–Crippen LogP) is 2.41. The van der Waals surface area contributed by atoms with Gasteiger partial charge in [-0.05, 0) is 17.9 Å². The molecule has 1 aromatic rings. The van der Waals surface area contributed by atoms with Crippen molar-refractivity contribution in [3.05, 3.63) is 35.9 Å². The van der Waals surface area contributed by atoms with Crippen LogP contribution in [0.15, 0.2) is 30.3 Å². The number of hydrogen-bond donors (Lipinski definition) is 3. The number of aliphatic carboxylic acids is 1. The molecule has 2 amide bonds. The highest BCUT2D eigenvalue weighted by Crippen LogP contribution is 2.28. The summed E-state index contributed by atoms with van der Waals surface area (Å²) in [7, 11) is 0. The second kappa shape index (κ2) is 9.81. The van der Waals surface area contributed by atoms with Crippen LogP contribution >= 0.6 is 0 Å². The quantitative estimate of drug-likeness (QED) is 0.640. The average molecular weight is 346 g/mol. The maximum atomic E-state index is 12.1. The van der Waals surface area contributed by atoms with E-state index in [4.69, 9.17) is 5.11 Å². The van der Waals surface area contributed by atoms with Crippen LogP contribution < -0.4 is 10.6 Å². The molecule has 1 unspecified atom stereocenters. The van der Waals surface area contributed by atoms with E-state index >= 15 is 0 Å². The first-order valence-electron chi connectivity index (χ1n) is 8.87. The summed E-state index contributed by atoms with van der Waals surface area (Å²) >= 11 is 0. The van der Waals surface area contributed by atoms with Gasteiger partial charge in [-0.1, -0.05) is 56.0 Å². The summed E-state index contributed by atoms with van der Waals surface area (Å²) in [5, 5.41) is 14.3. The van der Waals surface area contributed by atoms with Gasteiger partial charge < -0.3 is 15.7 Å². The van der Waals surface area contributed by atoms with Crippen molar-refractivity contribution in [2.24, 2.45) is 5.92 Å². The van der Waals surface area contributed by atoms with Crippen molar-refractivity contribution in [1.82, 2.24) is 10.6 Å². The van der Waals surface area contributed by atoms with E-state index < -0.39 is 12.0 Å². The topological polar surface area (TPSA) is 95.5 Å². The molecule has 1 aliphatic rings. The third-order valence-corrected chi connectivity index (χ3v) is 4.62. The summed E-state index contributed by atoms with van der Waals surface area (Å²) < 4.78 is 0. The van der Waals surface area contributed by atoms with Crippen molar-refractivity contribution >= 4 is 17.8 Å². The number of nitrogens with one attached hydrogen (secondary N) is 2. The molecule has 136 valence electrons. The van der Waals surface area contributed by atoms with Crippen molar-refractivity contribution in [2.75, 3.05) is 6.54 Å². The number of benzene rings is 1. The largest absolute Gasteiger partial charge is 0.481 e. The third kappa shape index (κ3) is 6.95. The van der Waals surface area contributed by atoms with Crippen molar-refractivity contribution in [2.45, 2.75) is 51.0 Å². The van der Waals surface area contributed by atoms with Gasteiger partial charge in [0.2, 0.25) is 11.8 Å². The Morgan fingerprint density at radius 3 is 2.40 bits per heavy atom. The van der Waals surface area contributed by atoms with Crippen molar-refractivity contribution < 1.29 is 19.5 Å². The van der Waals surface area contributed by atoms with Crippen LogP contribution in [0.2, 0.25) is 0 Å². The Labute approximate surface area is 148 Å². The van der Waals surface area contributed by atoms with Crippen LogP contribution in [-0.4, -0.2) is 29.4 Å². The molecule has 6 heteroatoms. The van der Waals surface area contributed by atoms with Gasteiger partial charge in [0.1, 0.15) is 0 Å². The Bertz CT molecular complexity index is 582. The molecule has 0 aliphatic heterocycles. The second-order valence-electron chi connectivity index (χ2n) is 6.59. The Balaban J connectivity index is 1.76. The molecule has 1 atom stereocenters. The van der Waals surface area contributed by atoms with E-state index in [9.17, 15) is 14.4 Å². The number of amides is 2. The molecule has 3 N–H and O–H groups in total. The van der Waals surface area contributed by atoms with E-state index in [1.165, 1.54) is 25.7 Å². The lowest BCUT2D eigenvalue weighted by atomic mass is 10.0. The lowest BCUT2D eigenvalue weighted by molar-refractivity contribution is -0.138. The Morgan fingerprint density at radius 2 is 1.76 bits per heavy atom. The molecule has 1 aromatic carbocycles. The van der Waals surface area contributed by atoms with Crippen molar-refractivity contribution in [3.63, 3.8) is 0 Å². The Kier molecular flexibility index (Phi) is 7.44. The first kappa shape index (κ1) is 19.0.